The van der Waals surface area contributed by atoms with E-state index < -0.39 is 17.7 Å². The molecule has 2 aromatic rings. The van der Waals surface area contributed by atoms with Crippen LogP contribution in [0.3, 0.4) is 0 Å². The molecule has 0 radical (unpaired) electrons. The molecule has 1 N–H and O–H groups in total. The van der Waals surface area contributed by atoms with E-state index in [1.807, 2.05) is 30.3 Å². The number of hydrogen-bond donors (Lipinski definition) is 1. The number of benzene rings is 2. The summed E-state index contributed by atoms with van der Waals surface area (Å²) in [5.74, 6) is -0.787. The Bertz CT molecular complexity index is 1050. The topological polar surface area (TPSA) is 70.1 Å². The minimum absolute atomic E-state index is 0.117. The number of halogens is 1. The molecule has 6 nitrogen and oxygen atoms in total. The molecule has 1 aliphatic heterocycles. The number of unbranched alkanes of at least 4 members (excludes halogenated alkanes) is 1. The van der Waals surface area contributed by atoms with Gasteiger partial charge in [0.2, 0.25) is 0 Å². The van der Waals surface area contributed by atoms with Crippen LogP contribution in [0.5, 0.6) is 5.75 Å². The number of Topliss-reactive ketones (excluding diaryl/α,β-unsaturated/α-hetero) is 1. The molecule has 2 aromatic carbocycles. The van der Waals surface area contributed by atoms with Crippen molar-refractivity contribution < 1.29 is 19.4 Å². The van der Waals surface area contributed by atoms with E-state index >= 15 is 0 Å². The van der Waals surface area contributed by atoms with Gasteiger partial charge in [-0.15, -0.1) is 0 Å². The first-order valence-electron chi connectivity index (χ1n) is 12.4. The molecule has 0 aromatic heterocycles. The van der Waals surface area contributed by atoms with Crippen molar-refractivity contribution in [2.24, 2.45) is 0 Å². The van der Waals surface area contributed by atoms with Gasteiger partial charge >= 0.3 is 0 Å². The number of aliphatic hydroxyl groups excluding tert-OH is 1. The Balaban J connectivity index is 1.98. The van der Waals surface area contributed by atoms with Crippen LogP contribution < -0.4 is 4.74 Å². The summed E-state index contributed by atoms with van der Waals surface area (Å²) in [7, 11) is 0. The zero-order valence-electron chi connectivity index (χ0n) is 20.8. The lowest BCUT2D eigenvalue weighted by Gasteiger charge is -2.27. The first-order valence-corrected chi connectivity index (χ1v) is 13.2. The predicted octanol–water partition coefficient (Wildman–Crippen LogP) is 5.78. The lowest BCUT2D eigenvalue weighted by Crippen LogP contribution is -2.33. The highest BCUT2D eigenvalue weighted by Gasteiger charge is 2.45. The molecule has 1 unspecified atom stereocenters. The lowest BCUT2D eigenvalue weighted by atomic mass is 9.95. The van der Waals surface area contributed by atoms with Gasteiger partial charge in [-0.1, -0.05) is 67.4 Å². The van der Waals surface area contributed by atoms with Crippen molar-refractivity contribution in [2.75, 3.05) is 32.8 Å². The van der Waals surface area contributed by atoms with E-state index in [0.717, 1.165) is 48.9 Å². The average molecular weight is 544 g/mol. The van der Waals surface area contributed by atoms with Crippen LogP contribution in [0.1, 0.15) is 57.2 Å². The molecule has 1 saturated heterocycles. The van der Waals surface area contributed by atoms with Gasteiger partial charge in [-0.05, 0) is 62.3 Å². The number of rotatable bonds is 12. The van der Waals surface area contributed by atoms with Crippen molar-refractivity contribution in [3.63, 3.8) is 0 Å². The smallest absolute Gasteiger partial charge is 0.295 e. The second-order valence-corrected chi connectivity index (χ2v) is 9.57. The monoisotopic (exact) mass is 542 g/mol. The summed E-state index contributed by atoms with van der Waals surface area (Å²) in [5.41, 5.74) is 1.36. The summed E-state index contributed by atoms with van der Waals surface area (Å²) in [6.07, 6.45) is 2.69. The largest absolute Gasteiger partial charge is 0.507 e. The Morgan fingerprint density at radius 3 is 2.43 bits per heavy atom. The van der Waals surface area contributed by atoms with E-state index in [4.69, 9.17) is 4.74 Å². The first kappa shape index (κ1) is 27.0. The summed E-state index contributed by atoms with van der Waals surface area (Å²) in [4.78, 5) is 30.3. The average Bonchev–Trinajstić information content (AvgIpc) is 3.12. The van der Waals surface area contributed by atoms with Crippen LogP contribution in [-0.2, 0) is 9.59 Å². The van der Waals surface area contributed by atoms with Gasteiger partial charge in [0, 0.05) is 16.6 Å². The molecule has 1 aliphatic rings. The van der Waals surface area contributed by atoms with Gasteiger partial charge in [-0.3, -0.25) is 9.59 Å². The molecule has 7 heteroatoms. The highest BCUT2D eigenvalue weighted by atomic mass is 79.9. The van der Waals surface area contributed by atoms with E-state index in [-0.39, 0.29) is 11.3 Å². The second-order valence-electron chi connectivity index (χ2n) is 8.65. The van der Waals surface area contributed by atoms with Gasteiger partial charge in [-0.2, -0.15) is 0 Å². The van der Waals surface area contributed by atoms with Crippen LogP contribution >= 0.6 is 15.9 Å². The van der Waals surface area contributed by atoms with E-state index in [2.05, 4.69) is 41.6 Å². The Hall–Kier alpha value is -2.64. The second kappa shape index (κ2) is 12.9. The molecule has 1 amide bonds. The normalized spacial score (nSPS) is 17.4. The summed E-state index contributed by atoms with van der Waals surface area (Å²) in [6, 6.07) is 13.9. The fourth-order valence-corrected chi connectivity index (χ4v) is 4.59. The third-order valence-electron chi connectivity index (χ3n) is 6.37. The molecule has 0 saturated carbocycles. The van der Waals surface area contributed by atoms with Crippen molar-refractivity contribution in [3.8, 4) is 5.75 Å². The van der Waals surface area contributed by atoms with Crippen LogP contribution in [0.2, 0.25) is 0 Å². The predicted molar refractivity (Wildman–Crippen MR) is 142 cm³/mol. The number of carbonyl (C=O) groups is 2. The molecular weight excluding hydrogens is 508 g/mol. The maximum atomic E-state index is 13.2. The van der Waals surface area contributed by atoms with Crippen LogP contribution in [0.15, 0.2) is 58.6 Å². The molecule has 188 valence electrons. The quantitative estimate of drug-likeness (QED) is 0.159. The maximum absolute atomic E-state index is 13.2. The van der Waals surface area contributed by atoms with Crippen LogP contribution in [0, 0.1) is 0 Å². The van der Waals surface area contributed by atoms with Crippen LogP contribution in [-0.4, -0.2) is 59.4 Å². The fourth-order valence-electron chi connectivity index (χ4n) is 4.33. The molecule has 3 rings (SSSR count). The van der Waals surface area contributed by atoms with Crippen molar-refractivity contribution in [1.29, 1.82) is 0 Å². The van der Waals surface area contributed by atoms with E-state index in [0.29, 0.717) is 24.5 Å². The lowest BCUT2D eigenvalue weighted by molar-refractivity contribution is -0.140. The van der Waals surface area contributed by atoms with E-state index in [9.17, 15) is 14.7 Å². The summed E-state index contributed by atoms with van der Waals surface area (Å²) >= 11 is 3.45. The Labute approximate surface area is 216 Å². The molecule has 0 bridgehead atoms. The molecule has 1 heterocycles. The van der Waals surface area contributed by atoms with Gasteiger partial charge in [0.25, 0.3) is 11.7 Å². The minimum atomic E-state index is -0.657. The Morgan fingerprint density at radius 2 is 1.77 bits per heavy atom. The number of nitrogens with zero attached hydrogens (tertiary/aromatic N) is 2. The molecular formula is C28H35BrN2O4. The van der Waals surface area contributed by atoms with Gasteiger partial charge < -0.3 is 19.6 Å². The Morgan fingerprint density at radius 1 is 1.06 bits per heavy atom. The summed E-state index contributed by atoms with van der Waals surface area (Å²) in [5, 5.41) is 11.3. The minimum Gasteiger partial charge on any atom is -0.507 e. The number of hydrogen-bond acceptors (Lipinski definition) is 5. The van der Waals surface area contributed by atoms with Gasteiger partial charge in [0.1, 0.15) is 11.5 Å². The number of ether oxygens (including phenoxy) is 1. The molecule has 0 aliphatic carbocycles. The SMILES string of the molecule is CCCCOc1cccc(C(O)=C2C(=O)C(=O)N(CCCN(CC)CC)C2c2ccc(Br)cc2)c1. The van der Waals surface area contributed by atoms with Crippen molar-refractivity contribution in [3.05, 3.63) is 69.7 Å². The summed E-state index contributed by atoms with van der Waals surface area (Å²) in [6.45, 7) is 10.0. The molecule has 1 fully saturated rings. The van der Waals surface area contributed by atoms with Crippen LogP contribution in [0.4, 0.5) is 0 Å². The number of likely N-dealkylation sites (tertiary alicyclic amines) is 1. The number of amides is 1. The highest BCUT2D eigenvalue weighted by Crippen LogP contribution is 2.40. The van der Waals surface area contributed by atoms with Gasteiger partial charge in [-0.25, -0.2) is 0 Å². The fraction of sp³-hybridized carbons (Fsp3) is 0.429. The number of carbonyl (C=O) groups excluding carboxylic acids is 2. The van der Waals surface area contributed by atoms with Gasteiger partial charge in [0.15, 0.2) is 0 Å². The first-order chi connectivity index (χ1) is 16.9. The standard InChI is InChI=1S/C28H35BrN2O4/c1-4-7-18-35-23-11-8-10-21(19-23)26(32)24-25(20-12-14-22(29)15-13-20)31(28(34)27(24)33)17-9-16-30(5-2)6-3/h8,10-15,19,25,32H,4-7,9,16-18H2,1-3H3. The van der Waals surface area contributed by atoms with Crippen molar-refractivity contribution in [2.45, 2.75) is 46.1 Å². The van der Waals surface area contributed by atoms with E-state index in [1.54, 1.807) is 23.1 Å². The highest BCUT2D eigenvalue weighted by molar-refractivity contribution is 9.10. The summed E-state index contributed by atoms with van der Waals surface area (Å²) < 4.78 is 6.68. The number of aliphatic hydroxyl groups is 1. The Kier molecular flexibility index (Phi) is 9.93. The third kappa shape index (κ3) is 6.53. The molecule has 1 atom stereocenters. The third-order valence-corrected chi connectivity index (χ3v) is 6.90. The number of ketones is 1. The molecule has 35 heavy (non-hydrogen) atoms. The maximum Gasteiger partial charge on any atom is 0.295 e. The van der Waals surface area contributed by atoms with Gasteiger partial charge in [0.05, 0.1) is 18.2 Å². The zero-order chi connectivity index (χ0) is 25.4. The van der Waals surface area contributed by atoms with Crippen LogP contribution in [0.25, 0.3) is 5.76 Å². The van der Waals surface area contributed by atoms with Crippen molar-refractivity contribution >= 4 is 33.4 Å². The van der Waals surface area contributed by atoms with Crippen molar-refractivity contribution in [1.82, 2.24) is 9.80 Å². The molecule has 0 spiro atoms. The van der Waals surface area contributed by atoms with E-state index in [1.165, 1.54) is 0 Å². The zero-order valence-corrected chi connectivity index (χ0v) is 22.4.